The van der Waals surface area contributed by atoms with Gasteiger partial charge in [-0.25, -0.2) is 0 Å². The number of halogens is 1. The van der Waals surface area contributed by atoms with Crippen LogP contribution in [0.15, 0.2) is 89.9 Å². The summed E-state index contributed by atoms with van der Waals surface area (Å²) < 4.78 is 11.9. The number of anilines is 1. The molecular weight excluding hydrogens is 418 g/mol. The van der Waals surface area contributed by atoms with Crippen LogP contribution in [-0.4, -0.2) is 19.1 Å². The summed E-state index contributed by atoms with van der Waals surface area (Å²) >= 11 is 3.51. The fourth-order valence-corrected chi connectivity index (χ4v) is 3.08. The Bertz CT molecular complexity index is 957. The molecule has 0 unspecified atom stereocenters. The minimum Gasteiger partial charge on any atom is -0.489 e. The Morgan fingerprint density at radius 1 is 0.964 bits per heavy atom. The second kappa shape index (κ2) is 9.76. The van der Waals surface area contributed by atoms with Crippen LogP contribution in [0.2, 0.25) is 0 Å². The maximum Gasteiger partial charge on any atom is 0.262 e. The van der Waals surface area contributed by atoms with E-state index in [2.05, 4.69) is 27.8 Å². The van der Waals surface area contributed by atoms with Crippen LogP contribution >= 0.6 is 15.9 Å². The normalized spacial score (nSPS) is 10.2. The molecule has 0 heterocycles. The summed E-state index contributed by atoms with van der Waals surface area (Å²) in [5, 5.41) is 2.80. The summed E-state index contributed by atoms with van der Waals surface area (Å²) in [4.78, 5) is 12.2. The number of carbonyl (C=O) groups excluding carboxylic acids is 1. The highest BCUT2D eigenvalue weighted by molar-refractivity contribution is 9.10. The molecule has 0 fully saturated rings. The second-order valence-electron chi connectivity index (χ2n) is 5.98. The van der Waals surface area contributed by atoms with Crippen molar-refractivity contribution in [2.75, 3.05) is 18.5 Å². The first-order valence-corrected chi connectivity index (χ1v) is 9.56. The Morgan fingerprint density at radius 2 is 1.79 bits per heavy atom. The van der Waals surface area contributed by atoms with Crippen LogP contribution in [0.4, 0.5) is 5.69 Å². The second-order valence-corrected chi connectivity index (χ2v) is 6.83. The highest BCUT2D eigenvalue weighted by atomic mass is 79.9. The standard InChI is InChI=1S/C23H20BrNO3/c1-2-13-27-20-10-6-9-19(15-20)25-23(26)16-28-22-12-11-18(14-21(22)24)17-7-4-3-5-8-17/h2-12,14-15H,1,13,16H2,(H,25,26). The third-order valence-corrected chi connectivity index (χ3v) is 4.50. The zero-order valence-corrected chi connectivity index (χ0v) is 16.8. The zero-order valence-electron chi connectivity index (χ0n) is 15.2. The lowest BCUT2D eigenvalue weighted by atomic mass is 10.1. The smallest absolute Gasteiger partial charge is 0.262 e. The lowest BCUT2D eigenvalue weighted by Crippen LogP contribution is -2.20. The predicted molar refractivity (Wildman–Crippen MR) is 116 cm³/mol. The number of ether oxygens (including phenoxy) is 2. The van der Waals surface area contributed by atoms with Gasteiger partial charge in [0.05, 0.1) is 4.47 Å². The predicted octanol–water partition coefficient (Wildman–Crippen LogP) is 5.70. The minimum absolute atomic E-state index is 0.0962. The van der Waals surface area contributed by atoms with Crippen LogP contribution in [0, 0.1) is 0 Å². The molecule has 0 aliphatic rings. The molecule has 0 aromatic heterocycles. The SMILES string of the molecule is C=CCOc1cccc(NC(=O)COc2ccc(-c3ccccc3)cc2Br)c1. The third-order valence-electron chi connectivity index (χ3n) is 3.88. The summed E-state index contributed by atoms with van der Waals surface area (Å²) in [6.07, 6.45) is 1.67. The average molecular weight is 438 g/mol. The van der Waals surface area contributed by atoms with Crippen LogP contribution < -0.4 is 14.8 Å². The molecule has 3 aromatic carbocycles. The van der Waals surface area contributed by atoms with Crippen molar-refractivity contribution in [3.63, 3.8) is 0 Å². The molecule has 0 radical (unpaired) electrons. The molecule has 0 saturated heterocycles. The molecule has 5 heteroatoms. The molecular formula is C23H20BrNO3. The quantitative estimate of drug-likeness (QED) is 0.459. The van der Waals surface area contributed by atoms with Gasteiger partial charge in [-0.2, -0.15) is 0 Å². The monoisotopic (exact) mass is 437 g/mol. The molecule has 28 heavy (non-hydrogen) atoms. The van der Waals surface area contributed by atoms with E-state index in [-0.39, 0.29) is 12.5 Å². The molecule has 0 aliphatic heterocycles. The molecule has 1 amide bonds. The molecule has 1 N–H and O–H groups in total. The van der Waals surface area contributed by atoms with Crippen molar-refractivity contribution in [2.24, 2.45) is 0 Å². The number of amides is 1. The van der Waals surface area contributed by atoms with Crippen molar-refractivity contribution in [3.8, 4) is 22.6 Å². The van der Waals surface area contributed by atoms with Crippen LogP contribution in [0.1, 0.15) is 0 Å². The van der Waals surface area contributed by atoms with Gasteiger partial charge in [-0.05, 0) is 51.3 Å². The maximum atomic E-state index is 12.2. The Labute approximate surface area is 172 Å². The molecule has 0 spiro atoms. The van der Waals surface area contributed by atoms with E-state index in [4.69, 9.17) is 9.47 Å². The van der Waals surface area contributed by atoms with Gasteiger partial charge < -0.3 is 14.8 Å². The van der Waals surface area contributed by atoms with Gasteiger partial charge in [-0.1, -0.05) is 55.1 Å². The fraction of sp³-hybridized carbons (Fsp3) is 0.0870. The molecule has 0 bridgehead atoms. The van der Waals surface area contributed by atoms with Gasteiger partial charge in [-0.3, -0.25) is 4.79 Å². The Hall–Kier alpha value is -3.05. The summed E-state index contributed by atoms with van der Waals surface area (Å²) in [6, 6.07) is 23.0. The summed E-state index contributed by atoms with van der Waals surface area (Å²) in [6.45, 7) is 3.93. The summed E-state index contributed by atoms with van der Waals surface area (Å²) in [5.74, 6) is 1.02. The van der Waals surface area contributed by atoms with Crippen molar-refractivity contribution in [3.05, 3.63) is 89.9 Å². The minimum atomic E-state index is -0.250. The van der Waals surface area contributed by atoms with E-state index in [0.717, 1.165) is 15.6 Å². The van der Waals surface area contributed by atoms with Gasteiger partial charge in [0.2, 0.25) is 0 Å². The van der Waals surface area contributed by atoms with Gasteiger partial charge in [0.25, 0.3) is 5.91 Å². The lowest BCUT2D eigenvalue weighted by molar-refractivity contribution is -0.118. The molecule has 3 aromatic rings. The van der Waals surface area contributed by atoms with Crippen molar-refractivity contribution in [1.29, 1.82) is 0 Å². The summed E-state index contributed by atoms with van der Waals surface area (Å²) in [5.41, 5.74) is 2.83. The molecule has 4 nitrogen and oxygen atoms in total. The van der Waals surface area contributed by atoms with Crippen molar-refractivity contribution in [2.45, 2.75) is 0 Å². The highest BCUT2D eigenvalue weighted by Gasteiger charge is 2.08. The molecule has 0 aliphatic carbocycles. The van der Waals surface area contributed by atoms with Crippen LogP contribution in [0.5, 0.6) is 11.5 Å². The van der Waals surface area contributed by atoms with Crippen molar-refractivity contribution >= 4 is 27.5 Å². The first-order chi connectivity index (χ1) is 13.7. The van der Waals surface area contributed by atoms with Gasteiger partial charge in [-0.15, -0.1) is 0 Å². The maximum absolute atomic E-state index is 12.2. The first kappa shape index (κ1) is 19.7. The van der Waals surface area contributed by atoms with E-state index >= 15 is 0 Å². The lowest BCUT2D eigenvalue weighted by Gasteiger charge is -2.11. The van der Waals surface area contributed by atoms with Gasteiger partial charge in [0.15, 0.2) is 6.61 Å². The zero-order chi connectivity index (χ0) is 19.8. The molecule has 0 atom stereocenters. The van der Waals surface area contributed by atoms with E-state index in [1.165, 1.54) is 0 Å². The average Bonchev–Trinajstić information content (AvgIpc) is 2.72. The van der Waals surface area contributed by atoms with Gasteiger partial charge >= 0.3 is 0 Å². The fourth-order valence-electron chi connectivity index (χ4n) is 2.59. The Morgan fingerprint density at radius 3 is 2.54 bits per heavy atom. The Balaban J connectivity index is 1.58. The number of hydrogen-bond donors (Lipinski definition) is 1. The van der Waals surface area contributed by atoms with E-state index in [1.54, 1.807) is 18.2 Å². The van der Waals surface area contributed by atoms with Gasteiger partial charge in [0.1, 0.15) is 18.1 Å². The third kappa shape index (κ3) is 5.47. The van der Waals surface area contributed by atoms with Crippen molar-refractivity contribution < 1.29 is 14.3 Å². The highest BCUT2D eigenvalue weighted by Crippen LogP contribution is 2.30. The number of carbonyl (C=O) groups is 1. The van der Waals surface area contributed by atoms with E-state index in [0.29, 0.717) is 23.8 Å². The molecule has 142 valence electrons. The number of hydrogen-bond acceptors (Lipinski definition) is 3. The van der Waals surface area contributed by atoms with Crippen molar-refractivity contribution in [1.82, 2.24) is 0 Å². The van der Waals surface area contributed by atoms with Crippen LogP contribution in [0.25, 0.3) is 11.1 Å². The summed E-state index contributed by atoms with van der Waals surface area (Å²) in [7, 11) is 0. The van der Waals surface area contributed by atoms with E-state index in [9.17, 15) is 4.79 Å². The molecule has 3 rings (SSSR count). The van der Waals surface area contributed by atoms with Gasteiger partial charge in [0, 0.05) is 11.8 Å². The number of rotatable bonds is 8. The molecule has 0 saturated carbocycles. The van der Waals surface area contributed by atoms with Crippen LogP contribution in [0.3, 0.4) is 0 Å². The first-order valence-electron chi connectivity index (χ1n) is 8.77. The number of benzene rings is 3. The number of nitrogens with one attached hydrogen (secondary N) is 1. The van der Waals surface area contributed by atoms with E-state index in [1.807, 2.05) is 60.7 Å². The van der Waals surface area contributed by atoms with E-state index < -0.39 is 0 Å². The van der Waals surface area contributed by atoms with Crippen LogP contribution in [-0.2, 0) is 4.79 Å². The largest absolute Gasteiger partial charge is 0.489 e. The topological polar surface area (TPSA) is 47.6 Å². The Kier molecular flexibility index (Phi) is 6.87.